The molecule has 0 radical (unpaired) electrons. The van der Waals surface area contributed by atoms with E-state index in [-0.39, 0.29) is 31.1 Å². The molecule has 0 rings (SSSR count). The number of ether oxygens (including phenoxy) is 3. The van der Waals surface area contributed by atoms with Crippen LogP contribution < -0.4 is 0 Å². The van der Waals surface area contributed by atoms with Gasteiger partial charge in [-0.05, 0) is 135 Å². The Kier molecular flexibility index (Phi) is 66.3. The molecule has 0 saturated heterocycles. The second kappa shape index (κ2) is 70.0. The maximum absolute atomic E-state index is 12.9. The van der Waals surface area contributed by atoms with Crippen LogP contribution >= 0.6 is 0 Å². The molecule has 0 saturated carbocycles. The van der Waals surface area contributed by atoms with Crippen molar-refractivity contribution in [1.29, 1.82) is 0 Å². The number of unbranched alkanes of at least 4 members (excludes halogenated alkanes) is 29. The van der Waals surface area contributed by atoms with Crippen LogP contribution in [0.4, 0.5) is 0 Å². The van der Waals surface area contributed by atoms with Gasteiger partial charge in [-0.25, -0.2) is 0 Å². The van der Waals surface area contributed by atoms with E-state index in [1.807, 2.05) is 0 Å². The second-order valence-electron chi connectivity index (χ2n) is 22.7. The second-order valence-corrected chi connectivity index (χ2v) is 22.7. The molecule has 0 aromatic rings. The number of rotatable bonds is 62. The highest BCUT2D eigenvalue weighted by Gasteiger charge is 2.19. The van der Waals surface area contributed by atoms with Gasteiger partial charge in [0, 0.05) is 19.3 Å². The fourth-order valence-corrected chi connectivity index (χ4v) is 9.43. The first-order valence-corrected chi connectivity index (χ1v) is 34.7. The van der Waals surface area contributed by atoms with E-state index in [2.05, 4.69) is 154 Å². The van der Waals surface area contributed by atoms with Crippen LogP contribution in [0, 0.1) is 0 Å². The summed E-state index contributed by atoms with van der Waals surface area (Å²) in [6, 6.07) is 0. The molecule has 6 nitrogen and oxygen atoms in total. The van der Waals surface area contributed by atoms with Crippen LogP contribution in [0.15, 0.2) is 134 Å². The number of hydrogen-bond donors (Lipinski definition) is 0. The van der Waals surface area contributed by atoms with Gasteiger partial charge in [0.1, 0.15) is 13.2 Å². The SMILES string of the molecule is CC/C=C\C/C=C\C/C=C\C/C=C\C/C=C\C/C=C\CCCCCCC(=O)OC(COC(=O)CCCCCCC/C=C\C/C=C\CCC)COC(=O)CCCCCCCCCCCCCCCC/C=C\C/C=C\C/C=C\CCCCCCC. The summed E-state index contributed by atoms with van der Waals surface area (Å²) in [7, 11) is 0. The van der Waals surface area contributed by atoms with Crippen molar-refractivity contribution in [2.24, 2.45) is 0 Å². The van der Waals surface area contributed by atoms with E-state index in [9.17, 15) is 14.4 Å². The first-order valence-electron chi connectivity index (χ1n) is 34.7. The lowest BCUT2D eigenvalue weighted by Gasteiger charge is -2.18. The molecule has 0 bridgehead atoms. The minimum atomic E-state index is -0.804. The third-order valence-corrected chi connectivity index (χ3v) is 14.6. The molecular weight excluding hydrogens is 1020 g/mol. The molecule has 0 aromatic heterocycles. The molecule has 1 unspecified atom stereocenters. The molecule has 0 spiro atoms. The predicted molar refractivity (Wildman–Crippen MR) is 362 cm³/mol. The Labute approximate surface area is 513 Å². The van der Waals surface area contributed by atoms with Crippen molar-refractivity contribution in [1.82, 2.24) is 0 Å². The van der Waals surface area contributed by atoms with Crippen LogP contribution in [0.2, 0.25) is 0 Å². The van der Waals surface area contributed by atoms with Gasteiger partial charge >= 0.3 is 17.9 Å². The quantitative estimate of drug-likeness (QED) is 0.0261. The molecule has 0 heterocycles. The van der Waals surface area contributed by atoms with Crippen molar-refractivity contribution in [2.75, 3.05) is 13.2 Å². The van der Waals surface area contributed by atoms with Gasteiger partial charge in [0.05, 0.1) is 0 Å². The van der Waals surface area contributed by atoms with Crippen LogP contribution in [0.25, 0.3) is 0 Å². The summed E-state index contributed by atoms with van der Waals surface area (Å²) in [6.07, 6.45) is 99.0. The lowest BCUT2D eigenvalue weighted by atomic mass is 10.0. The summed E-state index contributed by atoms with van der Waals surface area (Å²) in [6.45, 7) is 6.43. The van der Waals surface area contributed by atoms with Gasteiger partial charge in [-0.1, -0.05) is 296 Å². The molecule has 0 amide bonds. The van der Waals surface area contributed by atoms with Crippen LogP contribution in [-0.2, 0) is 28.6 Å². The zero-order valence-corrected chi connectivity index (χ0v) is 54.2. The minimum Gasteiger partial charge on any atom is -0.462 e. The lowest BCUT2D eigenvalue weighted by Crippen LogP contribution is -2.30. The highest BCUT2D eigenvalue weighted by atomic mass is 16.6. The van der Waals surface area contributed by atoms with Gasteiger partial charge in [0.25, 0.3) is 0 Å². The van der Waals surface area contributed by atoms with Gasteiger partial charge in [-0.15, -0.1) is 0 Å². The summed E-state index contributed by atoms with van der Waals surface area (Å²) < 4.78 is 16.9. The largest absolute Gasteiger partial charge is 0.462 e. The van der Waals surface area contributed by atoms with Crippen molar-refractivity contribution >= 4 is 17.9 Å². The molecule has 0 fully saturated rings. The Morgan fingerprint density at radius 3 is 0.783 bits per heavy atom. The summed E-state index contributed by atoms with van der Waals surface area (Å²) in [5.74, 6) is -0.931. The third kappa shape index (κ3) is 68.2. The van der Waals surface area contributed by atoms with Crippen molar-refractivity contribution in [3.8, 4) is 0 Å². The predicted octanol–water partition coefficient (Wildman–Crippen LogP) is 24.1. The van der Waals surface area contributed by atoms with E-state index in [0.717, 1.165) is 154 Å². The van der Waals surface area contributed by atoms with Crippen LogP contribution in [0.1, 0.15) is 316 Å². The Balaban J connectivity index is 4.34. The van der Waals surface area contributed by atoms with Crippen LogP contribution in [0.3, 0.4) is 0 Å². The Morgan fingerprint density at radius 2 is 0.494 bits per heavy atom. The summed E-state index contributed by atoms with van der Waals surface area (Å²) >= 11 is 0. The fraction of sp³-hybridized carbons (Fsp3) is 0.675. The minimum absolute atomic E-state index is 0.0961. The normalized spacial score (nSPS) is 13.0. The molecule has 0 aliphatic carbocycles. The molecular formula is C77H128O6. The van der Waals surface area contributed by atoms with Crippen LogP contribution in [-0.4, -0.2) is 37.2 Å². The first kappa shape index (κ1) is 78.5. The molecule has 472 valence electrons. The van der Waals surface area contributed by atoms with Gasteiger partial charge in [0.15, 0.2) is 6.10 Å². The van der Waals surface area contributed by atoms with Gasteiger partial charge < -0.3 is 14.2 Å². The smallest absolute Gasteiger partial charge is 0.306 e. The summed E-state index contributed by atoms with van der Waals surface area (Å²) in [5.41, 5.74) is 0. The average Bonchev–Trinajstić information content (AvgIpc) is 3.49. The average molecular weight is 1150 g/mol. The summed E-state index contributed by atoms with van der Waals surface area (Å²) in [5, 5.41) is 0. The zero-order chi connectivity index (χ0) is 59.9. The maximum atomic E-state index is 12.9. The van der Waals surface area contributed by atoms with Crippen LogP contribution in [0.5, 0.6) is 0 Å². The molecule has 0 aliphatic rings. The topological polar surface area (TPSA) is 78.9 Å². The Bertz CT molecular complexity index is 1750. The molecule has 83 heavy (non-hydrogen) atoms. The molecule has 0 aliphatic heterocycles. The van der Waals surface area contributed by atoms with E-state index in [1.165, 1.54) is 122 Å². The molecule has 6 heteroatoms. The van der Waals surface area contributed by atoms with Crippen molar-refractivity contribution < 1.29 is 28.6 Å². The van der Waals surface area contributed by atoms with Crippen molar-refractivity contribution in [3.63, 3.8) is 0 Å². The number of esters is 3. The molecule has 1 atom stereocenters. The third-order valence-electron chi connectivity index (χ3n) is 14.6. The van der Waals surface area contributed by atoms with E-state index in [1.54, 1.807) is 0 Å². The van der Waals surface area contributed by atoms with Gasteiger partial charge in [-0.2, -0.15) is 0 Å². The maximum Gasteiger partial charge on any atom is 0.306 e. The van der Waals surface area contributed by atoms with Crippen molar-refractivity contribution in [2.45, 2.75) is 322 Å². The summed E-state index contributed by atoms with van der Waals surface area (Å²) in [4.78, 5) is 38.4. The van der Waals surface area contributed by atoms with E-state index >= 15 is 0 Å². The Hall–Kier alpha value is -4.45. The number of carbonyl (C=O) groups excluding carboxylic acids is 3. The van der Waals surface area contributed by atoms with Gasteiger partial charge in [-0.3, -0.25) is 14.4 Å². The first-order chi connectivity index (χ1) is 41.0. The number of allylic oxidation sites excluding steroid dienone is 22. The highest BCUT2D eigenvalue weighted by molar-refractivity contribution is 5.71. The molecule has 0 aromatic carbocycles. The van der Waals surface area contributed by atoms with Crippen molar-refractivity contribution in [3.05, 3.63) is 134 Å². The Morgan fingerprint density at radius 1 is 0.253 bits per heavy atom. The van der Waals surface area contributed by atoms with E-state index in [4.69, 9.17) is 14.2 Å². The lowest BCUT2D eigenvalue weighted by molar-refractivity contribution is -0.167. The number of hydrogen-bond acceptors (Lipinski definition) is 6. The van der Waals surface area contributed by atoms with E-state index < -0.39 is 6.10 Å². The fourth-order valence-electron chi connectivity index (χ4n) is 9.43. The number of carbonyl (C=O) groups is 3. The van der Waals surface area contributed by atoms with E-state index in [0.29, 0.717) is 19.3 Å². The zero-order valence-electron chi connectivity index (χ0n) is 54.2. The van der Waals surface area contributed by atoms with Gasteiger partial charge in [0.2, 0.25) is 0 Å². The monoisotopic (exact) mass is 1150 g/mol. The highest BCUT2D eigenvalue weighted by Crippen LogP contribution is 2.16. The molecule has 0 N–H and O–H groups in total. The standard InChI is InChI=1S/C77H128O6/c1-4-7-10-13-16-19-22-25-27-29-31-33-35-36-37-38-39-40-42-43-45-47-49-52-55-58-61-64-67-70-76(79)82-73-74(72-81-75(78)69-66-63-60-57-54-51-24-21-18-15-12-9-6-3)83-77(80)71-68-65-62-59-56-53-50-48-46-44-41-34-32-30-28-26-23-20-17-14-11-8-5-2/h8,11-12,15,17,20-22,24-26,28-29,31-32,34-36,44,46,50,53,74H,4-7,9-10,13-14,16,18-19,23,27,30,33,37-43,45,47-49,51-52,54-73H2,1-3H3/b11-8-,15-12-,20-17-,24-21-,25-22-,28-26-,31-29-,34-32-,36-35-,46-44-,53-50-.